The van der Waals surface area contributed by atoms with Gasteiger partial charge in [-0.3, -0.25) is 9.36 Å². The van der Waals surface area contributed by atoms with E-state index in [2.05, 4.69) is 4.98 Å². The summed E-state index contributed by atoms with van der Waals surface area (Å²) < 4.78 is 3.18. The molecule has 2 heterocycles. The number of aromatic nitrogens is 3. The molecule has 0 radical (unpaired) electrons. The normalized spacial score (nSPS) is 10.9. The summed E-state index contributed by atoms with van der Waals surface area (Å²) in [4.78, 5) is 27.2. The number of pyridine rings is 1. The Balaban J connectivity index is 2.51. The maximum Gasteiger partial charge on any atom is 0.347 e. The predicted octanol–water partition coefficient (Wildman–Crippen LogP) is 1.67. The minimum absolute atomic E-state index is 0.0539. The molecule has 0 aliphatic carbocycles. The molecule has 19 heavy (non-hydrogen) atoms. The summed E-state index contributed by atoms with van der Waals surface area (Å²) in [7, 11) is 0. The summed E-state index contributed by atoms with van der Waals surface area (Å²) in [5.41, 5.74) is 1.22. The second-order valence-corrected chi connectivity index (χ2v) is 4.67. The van der Waals surface area contributed by atoms with Crippen molar-refractivity contribution < 1.29 is 0 Å². The van der Waals surface area contributed by atoms with Gasteiger partial charge < -0.3 is 4.57 Å². The summed E-state index contributed by atoms with van der Waals surface area (Å²) in [5, 5.41) is 0. The molecule has 0 saturated carbocycles. The van der Waals surface area contributed by atoms with Crippen LogP contribution in [0.3, 0.4) is 0 Å². The van der Waals surface area contributed by atoms with E-state index in [9.17, 15) is 9.59 Å². The maximum atomic E-state index is 12.0. The molecule has 0 saturated heterocycles. The van der Waals surface area contributed by atoms with Crippen LogP contribution in [-0.4, -0.2) is 14.1 Å². The van der Waals surface area contributed by atoms with Crippen molar-refractivity contribution in [1.82, 2.24) is 14.1 Å². The number of rotatable bonds is 3. The largest absolute Gasteiger partial charge is 0.347 e. The van der Waals surface area contributed by atoms with Crippen LogP contribution >= 0.6 is 0 Å². The molecule has 2 aromatic rings. The van der Waals surface area contributed by atoms with Gasteiger partial charge in [0.05, 0.1) is 0 Å². The van der Waals surface area contributed by atoms with Gasteiger partial charge in [-0.25, -0.2) is 9.78 Å². The molecule has 0 spiro atoms. The van der Waals surface area contributed by atoms with Gasteiger partial charge in [-0.05, 0) is 32.4 Å². The van der Waals surface area contributed by atoms with E-state index in [-0.39, 0.29) is 17.3 Å². The monoisotopic (exact) mass is 259 g/mol. The fourth-order valence-electron chi connectivity index (χ4n) is 1.93. The van der Waals surface area contributed by atoms with Crippen LogP contribution in [0.15, 0.2) is 40.3 Å². The maximum absolute atomic E-state index is 12.0. The van der Waals surface area contributed by atoms with E-state index in [0.29, 0.717) is 6.54 Å². The Labute approximate surface area is 111 Å². The van der Waals surface area contributed by atoms with Gasteiger partial charge in [0.15, 0.2) is 0 Å². The Morgan fingerprint density at radius 1 is 1.26 bits per heavy atom. The Morgan fingerprint density at radius 2 is 2.00 bits per heavy atom. The molecular formula is C14H17N3O2. The third-order valence-corrected chi connectivity index (χ3v) is 3.03. The van der Waals surface area contributed by atoms with Crippen LogP contribution in [0.5, 0.6) is 0 Å². The highest BCUT2D eigenvalue weighted by Crippen LogP contribution is 2.15. The van der Waals surface area contributed by atoms with Crippen molar-refractivity contribution in [1.29, 1.82) is 0 Å². The molecule has 0 bridgehead atoms. The Kier molecular flexibility index (Phi) is 3.64. The van der Waals surface area contributed by atoms with Crippen LogP contribution in [-0.2, 0) is 6.54 Å². The summed E-state index contributed by atoms with van der Waals surface area (Å²) in [5.74, 6) is 0. The van der Waals surface area contributed by atoms with Crippen LogP contribution in [0, 0.1) is 0 Å². The first-order chi connectivity index (χ1) is 9.02. The quantitative estimate of drug-likeness (QED) is 0.842. The number of nitrogens with zero attached hydrogens (tertiary/aromatic N) is 3. The molecule has 100 valence electrons. The molecule has 0 aliphatic rings. The molecular weight excluding hydrogens is 242 g/mol. The molecule has 2 rings (SSSR count). The van der Waals surface area contributed by atoms with Crippen molar-refractivity contribution in [2.75, 3.05) is 0 Å². The zero-order chi connectivity index (χ0) is 14.0. The molecule has 0 fully saturated rings. The topological polar surface area (TPSA) is 56.9 Å². The lowest BCUT2D eigenvalue weighted by atomic mass is 10.1. The number of hydrogen-bond donors (Lipinski definition) is 0. The smallest absolute Gasteiger partial charge is 0.313 e. The van der Waals surface area contributed by atoms with Gasteiger partial charge >= 0.3 is 5.69 Å². The minimum Gasteiger partial charge on any atom is -0.313 e. The molecule has 2 aromatic heterocycles. The van der Waals surface area contributed by atoms with E-state index in [1.807, 2.05) is 26.8 Å². The lowest BCUT2D eigenvalue weighted by molar-refractivity contribution is 0.579. The fraction of sp³-hybridized carbons (Fsp3) is 0.357. The zero-order valence-corrected chi connectivity index (χ0v) is 11.3. The van der Waals surface area contributed by atoms with Gasteiger partial charge in [0.2, 0.25) is 0 Å². The van der Waals surface area contributed by atoms with Crippen LogP contribution in [0.4, 0.5) is 0 Å². The van der Waals surface area contributed by atoms with Crippen LogP contribution in [0.25, 0.3) is 11.1 Å². The van der Waals surface area contributed by atoms with Crippen molar-refractivity contribution in [3.8, 4) is 11.1 Å². The average Bonchev–Trinajstić information content (AvgIpc) is 2.38. The van der Waals surface area contributed by atoms with Gasteiger partial charge in [0.1, 0.15) is 0 Å². The highest BCUT2D eigenvalue weighted by atomic mass is 16.1. The van der Waals surface area contributed by atoms with E-state index in [1.54, 1.807) is 23.0 Å². The zero-order valence-electron chi connectivity index (χ0n) is 11.3. The Hall–Kier alpha value is -2.17. The highest BCUT2D eigenvalue weighted by molar-refractivity contribution is 5.60. The molecule has 0 N–H and O–H groups in total. The van der Waals surface area contributed by atoms with Crippen molar-refractivity contribution in [2.24, 2.45) is 0 Å². The van der Waals surface area contributed by atoms with Crippen molar-refractivity contribution >= 4 is 0 Å². The molecule has 0 unspecified atom stereocenters. The summed E-state index contributed by atoms with van der Waals surface area (Å²) >= 11 is 0. The fourth-order valence-corrected chi connectivity index (χ4v) is 1.93. The minimum atomic E-state index is -0.276. The van der Waals surface area contributed by atoms with E-state index >= 15 is 0 Å². The van der Waals surface area contributed by atoms with Gasteiger partial charge in [-0.2, -0.15) is 0 Å². The second kappa shape index (κ2) is 5.22. The second-order valence-electron chi connectivity index (χ2n) is 4.67. The van der Waals surface area contributed by atoms with Crippen LogP contribution < -0.4 is 11.2 Å². The average molecular weight is 259 g/mol. The summed E-state index contributed by atoms with van der Waals surface area (Å²) in [6.45, 7) is 6.35. The van der Waals surface area contributed by atoms with Crippen molar-refractivity contribution in [3.63, 3.8) is 0 Å². The van der Waals surface area contributed by atoms with Crippen molar-refractivity contribution in [3.05, 3.63) is 51.6 Å². The first kappa shape index (κ1) is 13.3. The van der Waals surface area contributed by atoms with E-state index in [4.69, 9.17) is 0 Å². The Morgan fingerprint density at radius 3 is 2.58 bits per heavy atom. The third-order valence-electron chi connectivity index (χ3n) is 3.03. The highest BCUT2D eigenvalue weighted by Gasteiger charge is 2.05. The standard InChI is InChI=1S/C14H17N3O2/c1-4-16-9-12(8-15-14(16)19)11-5-6-17(10(2)3)13(18)7-11/h5-10H,4H2,1-3H3. The lowest BCUT2D eigenvalue weighted by Gasteiger charge is -2.10. The molecule has 0 atom stereocenters. The van der Waals surface area contributed by atoms with E-state index in [0.717, 1.165) is 11.1 Å². The SMILES string of the molecule is CCn1cc(-c2ccn(C(C)C)c(=O)c2)cnc1=O. The first-order valence-electron chi connectivity index (χ1n) is 6.32. The van der Waals surface area contributed by atoms with Gasteiger partial charge in [-0.15, -0.1) is 0 Å². The van der Waals surface area contributed by atoms with Gasteiger partial charge in [-0.1, -0.05) is 0 Å². The molecule has 0 amide bonds. The Bertz CT molecular complexity index is 698. The van der Waals surface area contributed by atoms with E-state index < -0.39 is 0 Å². The van der Waals surface area contributed by atoms with Gasteiger partial charge in [0.25, 0.3) is 5.56 Å². The van der Waals surface area contributed by atoms with Gasteiger partial charge in [0, 0.05) is 42.8 Å². The van der Waals surface area contributed by atoms with Crippen LogP contribution in [0.1, 0.15) is 26.8 Å². The number of hydrogen-bond acceptors (Lipinski definition) is 3. The van der Waals surface area contributed by atoms with Crippen molar-refractivity contribution in [2.45, 2.75) is 33.4 Å². The van der Waals surface area contributed by atoms with Crippen LogP contribution in [0.2, 0.25) is 0 Å². The summed E-state index contributed by atoms with van der Waals surface area (Å²) in [6.07, 6.45) is 5.00. The molecule has 0 aromatic carbocycles. The number of aryl methyl sites for hydroxylation is 1. The molecule has 0 aliphatic heterocycles. The predicted molar refractivity (Wildman–Crippen MR) is 74.3 cm³/mol. The lowest BCUT2D eigenvalue weighted by Crippen LogP contribution is -2.22. The summed E-state index contributed by atoms with van der Waals surface area (Å²) in [6, 6.07) is 3.56. The van der Waals surface area contributed by atoms with E-state index in [1.165, 1.54) is 10.8 Å². The first-order valence-corrected chi connectivity index (χ1v) is 6.32. The molecule has 5 heteroatoms. The third kappa shape index (κ3) is 2.65. The molecule has 5 nitrogen and oxygen atoms in total.